The zero-order chi connectivity index (χ0) is 23.1. The predicted octanol–water partition coefficient (Wildman–Crippen LogP) is 2.64. The number of nitrogens with zero attached hydrogens (tertiary/aromatic N) is 5. The van der Waals surface area contributed by atoms with Crippen molar-refractivity contribution in [2.24, 2.45) is 0 Å². The van der Waals surface area contributed by atoms with Crippen LogP contribution in [0.15, 0.2) is 57.7 Å². The summed E-state index contributed by atoms with van der Waals surface area (Å²) in [6.45, 7) is 5.00. The van der Waals surface area contributed by atoms with Crippen molar-refractivity contribution in [3.8, 4) is 0 Å². The molecule has 0 radical (unpaired) electrons. The lowest BCUT2D eigenvalue weighted by Crippen LogP contribution is -2.47. The molecule has 0 bridgehead atoms. The first-order valence-corrected chi connectivity index (χ1v) is 12.0. The van der Waals surface area contributed by atoms with Crippen LogP contribution in [0.4, 0.5) is 0 Å². The number of imidazole rings is 1. The van der Waals surface area contributed by atoms with Gasteiger partial charge in [-0.3, -0.25) is 14.2 Å². The average molecular weight is 464 g/mol. The summed E-state index contributed by atoms with van der Waals surface area (Å²) in [7, 11) is 0. The van der Waals surface area contributed by atoms with Crippen LogP contribution in [0.1, 0.15) is 35.9 Å². The van der Waals surface area contributed by atoms with Crippen LogP contribution in [0.3, 0.4) is 0 Å². The minimum atomic E-state index is -0.521. The molecule has 4 aromatic rings. The minimum absolute atomic E-state index is 0.0837. The van der Waals surface area contributed by atoms with Gasteiger partial charge in [-0.25, -0.2) is 14.3 Å². The summed E-state index contributed by atoms with van der Waals surface area (Å²) in [5, 5.41) is 2.04. The molecule has 0 N–H and O–H groups in total. The van der Waals surface area contributed by atoms with E-state index in [-0.39, 0.29) is 25.0 Å². The average Bonchev–Trinajstić information content (AvgIpc) is 3.48. The monoisotopic (exact) mass is 463 g/mol. The highest BCUT2D eigenvalue weighted by atomic mass is 32.1. The van der Waals surface area contributed by atoms with E-state index in [1.807, 2.05) is 49.6 Å². The molecule has 9 heteroatoms. The van der Waals surface area contributed by atoms with Crippen LogP contribution in [-0.2, 0) is 30.8 Å². The van der Waals surface area contributed by atoms with Gasteiger partial charge < -0.3 is 9.47 Å². The van der Waals surface area contributed by atoms with E-state index < -0.39 is 11.2 Å². The second-order valence-electron chi connectivity index (χ2n) is 8.26. The van der Waals surface area contributed by atoms with Gasteiger partial charge >= 0.3 is 5.69 Å². The van der Waals surface area contributed by atoms with Crippen molar-refractivity contribution < 1.29 is 4.79 Å². The molecule has 1 aliphatic rings. The molecule has 1 atom stereocenters. The zero-order valence-electron chi connectivity index (χ0n) is 18.6. The van der Waals surface area contributed by atoms with Gasteiger partial charge in [0.2, 0.25) is 5.91 Å². The standard InChI is InChI=1S/C24H25N5O3S/c1-3-26-15-25-22-21(26)23(31)29(24(32)28(22)13-17-7-5-4-6-8-17)14-20(30)27-11-9-19-18(16(27)2)10-12-33-19/h4-8,10,12,15-16H,3,9,11,13-14H2,1-2H3/t16-/m0/s1. The normalized spacial score (nSPS) is 15.7. The fourth-order valence-corrected chi connectivity index (χ4v) is 5.57. The highest BCUT2D eigenvalue weighted by Gasteiger charge is 2.29. The number of benzene rings is 1. The number of fused-ring (bicyclic) bond motifs is 2. The fourth-order valence-electron chi connectivity index (χ4n) is 4.60. The van der Waals surface area contributed by atoms with Crippen LogP contribution in [0.25, 0.3) is 11.2 Å². The molecule has 8 nitrogen and oxygen atoms in total. The lowest BCUT2D eigenvalue weighted by molar-refractivity contribution is -0.134. The van der Waals surface area contributed by atoms with Crippen molar-refractivity contribution in [1.29, 1.82) is 0 Å². The molecule has 1 aliphatic heterocycles. The van der Waals surface area contributed by atoms with Crippen LogP contribution in [0.2, 0.25) is 0 Å². The number of hydrogen-bond acceptors (Lipinski definition) is 5. The Labute approximate surface area is 194 Å². The van der Waals surface area contributed by atoms with E-state index in [2.05, 4.69) is 11.1 Å². The van der Waals surface area contributed by atoms with Crippen molar-refractivity contribution in [1.82, 2.24) is 23.6 Å². The van der Waals surface area contributed by atoms with Gasteiger partial charge in [0, 0.05) is 18.0 Å². The van der Waals surface area contributed by atoms with E-state index in [4.69, 9.17) is 0 Å². The van der Waals surface area contributed by atoms with Crippen LogP contribution < -0.4 is 11.2 Å². The Balaban J connectivity index is 1.57. The smallest absolute Gasteiger partial charge is 0.333 e. The molecular formula is C24H25N5O3S. The summed E-state index contributed by atoms with van der Waals surface area (Å²) in [5.41, 5.74) is 1.74. The molecule has 1 amide bonds. The van der Waals surface area contributed by atoms with Gasteiger partial charge in [-0.2, -0.15) is 0 Å². The summed E-state index contributed by atoms with van der Waals surface area (Å²) in [6.07, 6.45) is 2.36. The van der Waals surface area contributed by atoms with Crippen molar-refractivity contribution in [3.05, 3.63) is 84.9 Å². The molecule has 0 spiro atoms. The summed E-state index contributed by atoms with van der Waals surface area (Å²) < 4.78 is 4.28. The zero-order valence-corrected chi connectivity index (χ0v) is 19.4. The summed E-state index contributed by atoms with van der Waals surface area (Å²) in [5.74, 6) is -0.230. The summed E-state index contributed by atoms with van der Waals surface area (Å²) in [4.78, 5) is 47.6. The van der Waals surface area contributed by atoms with Crippen LogP contribution >= 0.6 is 11.3 Å². The summed E-state index contributed by atoms with van der Waals surface area (Å²) >= 11 is 1.70. The van der Waals surface area contributed by atoms with E-state index in [9.17, 15) is 14.4 Å². The van der Waals surface area contributed by atoms with Crippen molar-refractivity contribution in [2.75, 3.05) is 6.54 Å². The first-order valence-electron chi connectivity index (χ1n) is 11.1. The predicted molar refractivity (Wildman–Crippen MR) is 128 cm³/mol. The van der Waals surface area contributed by atoms with Crippen LogP contribution in [-0.4, -0.2) is 36.0 Å². The maximum Gasteiger partial charge on any atom is 0.333 e. The largest absolute Gasteiger partial charge is 0.334 e. The van der Waals surface area contributed by atoms with Crippen molar-refractivity contribution in [2.45, 2.75) is 45.9 Å². The van der Waals surface area contributed by atoms with Crippen LogP contribution in [0, 0.1) is 0 Å². The minimum Gasteiger partial charge on any atom is -0.334 e. The number of carbonyl (C=O) groups excluding carboxylic acids is 1. The van der Waals surface area contributed by atoms with Gasteiger partial charge in [0.15, 0.2) is 11.2 Å². The Morgan fingerprint density at radius 2 is 1.94 bits per heavy atom. The first kappa shape index (κ1) is 21.4. The van der Waals surface area contributed by atoms with E-state index in [0.717, 1.165) is 22.1 Å². The topological polar surface area (TPSA) is 82.1 Å². The SMILES string of the molecule is CCn1cnc2c1c(=O)n(CC(=O)N1CCc3sccc3[C@@H]1C)c(=O)n2Cc1ccccc1. The Kier molecular flexibility index (Phi) is 5.49. The number of carbonyl (C=O) groups is 1. The molecule has 3 aromatic heterocycles. The van der Waals surface area contributed by atoms with Crippen molar-refractivity contribution >= 4 is 28.4 Å². The second-order valence-corrected chi connectivity index (χ2v) is 9.26. The van der Waals surface area contributed by atoms with E-state index >= 15 is 0 Å². The molecule has 33 heavy (non-hydrogen) atoms. The lowest BCUT2D eigenvalue weighted by atomic mass is 10.0. The lowest BCUT2D eigenvalue weighted by Gasteiger charge is -2.33. The maximum absolute atomic E-state index is 13.5. The number of amides is 1. The van der Waals surface area contributed by atoms with Gasteiger partial charge in [0.25, 0.3) is 5.56 Å². The number of aryl methyl sites for hydroxylation is 1. The summed E-state index contributed by atoms with van der Waals surface area (Å²) in [6, 6.07) is 11.5. The number of aromatic nitrogens is 4. The van der Waals surface area contributed by atoms with Gasteiger partial charge in [0.1, 0.15) is 6.54 Å². The Bertz CT molecular complexity index is 1450. The number of hydrogen-bond donors (Lipinski definition) is 0. The second kappa shape index (κ2) is 8.47. The first-order chi connectivity index (χ1) is 16.0. The third-order valence-electron chi connectivity index (χ3n) is 6.40. The fraction of sp³-hybridized carbons (Fsp3) is 0.333. The Morgan fingerprint density at radius 1 is 1.15 bits per heavy atom. The molecule has 4 heterocycles. The molecule has 0 unspecified atom stereocenters. The van der Waals surface area contributed by atoms with Crippen LogP contribution in [0.5, 0.6) is 0 Å². The third kappa shape index (κ3) is 3.62. The molecule has 0 saturated heterocycles. The van der Waals surface area contributed by atoms with E-state index in [1.54, 1.807) is 27.1 Å². The molecule has 5 rings (SSSR count). The number of rotatable bonds is 5. The van der Waals surface area contributed by atoms with Gasteiger partial charge in [-0.05, 0) is 42.8 Å². The highest BCUT2D eigenvalue weighted by Crippen LogP contribution is 2.32. The number of thiophene rings is 1. The molecule has 1 aromatic carbocycles. The quantitative estimate of drug-likeness (QED) is 0.456. The van der Waals surface area contributed by atoms with Gasteiger partial charge in [0.05, 0.1) is 18.9 Å². The van der Waals surface area contributed by atoms with Gasteiger partial charge in [-0.1, -0.05) is 30.3 Å². The maximum atomic E-state index is 13.5. The molecule has 0 saturated carbocycles. The van der Waals surface area contributed by atoms with Crippen molar-refractivity contribution in [3.63, 3.8) is 0 Å². The molecular weight excluding hydrogens is 438 g/mol. The Morgan fingerprint density at radius 3 is 2.70 bits per heavy atom. The molecule has 170 valence electrons. The van der Waals surface area contributed by atoms with Gasteiger partial charge in [-0.15, -0.1) is 11.3 Å². The Hall–Kier alpha value is -3.46. The highest BCUT2D eigenvalue weighted by molar-refractivity contribution is 7.10. The van der Waals surface area contributed by atoms with E-state index in [0.29, 0.717) is 24.3 Å². The van der Waals surface area contributed by atoms with E-state index in [1.165, 1.54) is 9.44 Å². The third-order valence-corrected chi connectivity index (χ3v) is 7.40. The molecule has 0 fully saturated rings. The molecule has 0 aliphatic carbocycles.